The molecule has 1 N–H and O–H groups in total. The number of halogens is 1. The van der Waals surface area contributed by atoms with Crippen LogP contribution in [0.25, 0.3) is 21.5 Å². The number of carbonyl (C=O) groups is 1. The Morgan fingerprint density at radius 1 is 1.26 bits per heavy atom. The average Bonchev–Trinajstić information content (AvgIpc) is 3.37. The standard InChI is InChI=1S/C23H23ClN4OS2/c1-3-4-10-28(2)13-20-21(19-12-17(24)14-30-19)26-23(31-20)27-22(29)16-8-7-15-6-5-9-25-18(15)11-16/h5-9,11-12,14H,3-4,10,13H2,1-2H3,(H,26,27,29). The number of thiophene rings is 1. The van der Waals surface area contributed by atoms with E-state index in [1.54, 1.807) is 23.6 Å². The highest BCUT2D eigenvalue weighted by atomic mass is 35.5. The number of anilines is 1. The summed E-state index contributed by atoms with van der Waals surface area (Å²) in [4.78, 5) is 26.4. The summed E-state index contributed by atoms with van der Waals surface area (Å²) in [5.41, 5.74) is 2.24. The van der Waals surface area contributed by atoms with E-state index in [0.717, 1.165) is 52.3 Å². The van der Waals surface area contributed by atoms with Crippen molar-refractivity contribution in [3.05, 3.63) is 63.4 Å². The number of amides is 1. The van der Waals surface area contributed by atoms with Crippen molar-refractivity contribution in [2.75, 3.05) is 18.9 Å². The highest BCUT2D eigenvalue weighted by Gasteiger charge is 2.18. The van der Waals surface area contributed by atoms with Crippen molar-refractivity contribution in [3.63, 3.8) is 0 Å². The van der Waals surface area contributed by atoms with E-state index in [1.807, 2.05) is 35.7 Å². The summed E-state index contributed by atoms with van der Waals surface area (Å²) < 4.78 is 0. The molecule has 0 unspecified atom stereocenters. The lowest BCUT2D eigenvalue weighted by atomic mass is 10.1. The second-order valence-electron chi connectivity index (χ2n) is 7.38. The first-order valence-electron chi connectivity index (χ1n) is 10.1. The highest BCUT2D eigenvalue weighted by Crippen LogP contribution is 2.37. The molecule has 0 fully saturated rings. The molecule has 1 amide bonds. The first-order chi connectivity index (χ1) is 15.0. The van der Waals surface area contributed by atoms with Gasteiger partial charge in [-0.1, -0.05) is 48.4 Å². The fourth-order valence-electron chi connectivity index (χ4n) is 3.27. The van der Waals surface area contributed by atoms with Gasteiger partial charge < -0.3 is 4.90 Å². The third kappa shape index (κ3) is 5.30. The van der Waals surface area contributed by atoms with Crippen LogP contribution in [0.3, 0.4) is 0 Å². The molecule has 0 spiro atoms. The van der Waals surface area contributed by atoms with Crippen molar-refractivity contribution >= 4 is 56.2 Å². The molecule has 160 valence electrons. The van der Waals surface area contributed by atoms with Gasteiger partial charge in [0.2, 0.25) is 0 Å². The second-order valence-corrected chi connectivity index (χ2v) is 9.81. The smallest absolute Gasteiger partial charge is 0.257 e. The maximum absolute atomic E-state index is 12.9. The lowest BCUT2D eigenvalue weighted by Gasteiger charge is -2.15. The Kier molecular flexibility index (Phi) is 6.97. The average molecular weight is 471 g/mol. The Bertz CT molecular complexity index is 1200. The molecule has 0 radical (unpaired) electrons. The van der Waals surface area contributed by atoms with Crippen molar-refractivity contribution in [1.29, 1.82) is 0 Å². The monoisotopic (exact) mass is 470 g/mol. The van der Waals surface area contributed by atoms with Crippen LogP contribution >= 0.6 is 34.3 Å². The molecule has 0 saturated carbocycles. The van der Waals surface area contributed by atoms with E-state index in [2.05, 4.69) is 29.2 Å². The van der Waals surface area contributed by atoms with E-state index >= 15 is 0 Å². The second kappa shape index (κ2) is 9.87. The van der Waals surface area contributed by atoms with Crippen LogP contribution in [0.2, 0.25) is 5.02 Å². The van der Waals surface area contributed by atoms with Gasteiger partial charge in [0.05, 0.1) is 21.1 Å². The number of carbonyl (C=O) groups excluding carboxylic acids is 1. The normalized spacial score (nSPS) is 11.4. The number of benzene rings is 1. The zero-order chi connectivity index (χ0) is 21.8. The van der Waals surface area contributed by atoms with Gasteiger partial charge in [-0.25, -0.2) is 4.98 Å². The SMILES string of the molecule is CCCCN(C)Cc1sc(NC(=O)c2ccc3cccnc3c2)nc1-c1cc(Cl)cs1. The molecule has 5 nitrogen and oxygen atoms in total. The predicted octanol–water partition coefficient (Wildman–Crippen LogP) is 6.56. The number of hydrogen-bond donors (Lipinski definition) is 1. The van der Waals surface area contributed by atoms with Gasteiger partial charge in [-0.3, -0.25) is 15.1 Å². The molecular weight excluding hydrogens is 448 g/mol. The van der Waals surface area contributed by atoms with Gasteiger partial charge in [-0.15, -0.1) is 11.3 Å². The summed E-state index contributed by atoms with van der Waals surface area (Å²) in [5, 5.41) is 7.17. The first kappa shape index (κ1) is 21.9. The van der Waals surface area contributed by atoms with Gasteiger partial charge in [-0.05, 0) is 44.3 Å². The van der Waals surface area contributed by atoms with Crippen molar-refractivity contribution in [1.82, 2.24) is 14.9 Å². The number of nitrogens with zero attached hydrogens (tertiary/aromatic N) is 3. The largest absolute Gasteiger partial charge is 0.301 e. The minimum absolute atomic E-state index is 0.192. The number of nitrogens with one attached hydrogen (secondary N) is 1. The van der Waals surface area contributed by atoms with Crippen LogP contribution in [-0.2, 0) is 6.54 Å². The summed E-state index contributed by atoms with van der Waals surface area (Å²) in [6.07, 6.45) is 4.03. The fourth-order valence-corrected chi connectivity index (χ4v) is 5.48. The summed E-state index contributed by atoms with van der Waals surface area (Å²) in [6.45, 7) is 3.98. The number of pyridine rings is 1. The van der Waals surface area contributed by atoms with Crippen molar-refractivity contribution < 1.29 is 4.79 Å². The van der Waals surface area contributed by atoms with Crippen LogP contribution in [0.15, 0.2) is 48.0 Å². The molecule has 3 heterocycles. The van der Waals surface area contributed by atoms with Gasteiger partial charge in [-0.2, -0.15) is 0 Å². The topological polar surface area (TPSA) is 58.1 Å². The van der Waals surface area contributed by atoms with Crippen molar-refractivity contribution in [2.24, 2.45) is 0 Å². The maximum atomic E-state index is 12.9. The van der Waals surface area contributed by atoms with E-state index in [1.165, 1.54) is 11.3 Å². The molecule has 3 aromatic heterocycles. The van der Waals surface area contributed by atoms with Gasteiger partial charge in [0.15, 0.2) is 5.13 Å². The number of rotatable bonds is 8. The fraction of sp³-hybridized carbons (Fsp3) is 0.261. The molecule has 8 heteroatoms. The number of thiazole rings is 1. The van der Waals surface area contributed by atoms with Crippen LogP contribution in [0.1, 0.15) is 35.0 Å². The number of unbranched alkanes of at least 4 members (excludes halogenated alkanes) is 1. The van der Waals surface area contributed by atoms with Gasteiger partial charge in [0.25, 0.3) is 5.91 Å². The summed E-state index contributed by atoms with van der Waals surface area (Å²) in [6, 6.07) is 11.3. The van der Waals surface area contributed by atoms with E-state index in [-0.39, 0.29) is 5.91 Å². The van der Waals surface area contributed by atoms with Gasteiger partial charge in [0.1, 0.15) is 0 Å². The third-order valence-corrected chi connectivity index (χ3v) is 7.13. The summed E-state index contributed by atoms with van der Waals surface area (Å²) in [5.74, 6) is -0.192. The number of aromatic nitrogens is 2. The van der Waals surface area contributed by atoms with Crippen LogP contribution in [0.5, 0.6) is 0 Å². The van der Waals surface area contributed by atoms with E-state index in [0.29, 0.717) is 15.7 Å². The van der Waals surface area contributed by atoms with Crippen LogP contribution < -0.4 is 5.32 Å². The van der Waals surface area contributed by atoms with E-state index in [9.17, 15) is 4.79 Å². The third-order valence-electron chi connectivity index (χ3n) is 4.89. The van der Waals surface area contributed by atoms with E-state index < -0.39 is 0 Å². The Morgan fingerprint density at radius 3 is 2.90 bits per heavy atom. The van der Waals surface area contributed by atoms with Crippen molar-refractivity contribution in [2.45, 2.75) is 26.3 Å². The molecule has 0 saturated heterocycles. The predicted molar refractivity (Wildman–Crippen MR) is 131 cm³/mol. The first-order valence-corrected chi connectivity index (χ1v) is 12.2. The Hall–Kier alpha value is -2.32. The quantitative estimate of drug-likeness (QED) is 0.317. The van der Waals surface area contributed by atoms with Gasteiger partial charge >= 0.3 is 0 Å². The zero-order valence-electron chi connectivity index (χ0n) is 17.4. The minimum atomic E-state index is -0.192. The van der Waals surface area contributed by atoms with Crippen molar-refractivity contribution in [3.8, 4) is 10.6 Å². The Balaban J connectivity index is 1.58. The Labute approximate surface area is 194 Å². The molecule has 0 aliphatic rings. The molecule has 4 rings (SSSR count). The summed E-state index contributed by atoms with van der Waals surface area (Å²) in [7, 11) is 2.11. The summed E-state index contributed by atoms with van der Waals surface area (Å²) >= 11 is 9.24. The molecule has 4 aromatic rings. The van der Waals surface area contributed by atoms with Crippen LogP contribution in [0, 0.1) is 0 Å². The molecule has 0 aliphatic carbocycles. The molecule has 0 bridgehead atoms. The minimum Gasteiger partial charge on any atom is -0.301 e. The highest BCUT2D eigenvalue weighted by molar-refractivity contribution is 7.17. The molecular formula is C23H23ClN4OS2. The molecule has 0 aliphatic heterocycles. The van der Waals surface area contributed by atoms with Crippen LogP contribution in [-0.4, -0.2) is 34.4 Å². The van der Waals surface area contributed by atoms with E-state index in [4.69, 9.17) is 16.6 Å². The maximum Gasteiger partial charge on any atom is 0.257 e. The lowest BCUT2D eigenvalue weighted by molar-refractivity contribution is 0.102. The molecule has 1 aromatic carbocycles. The zero-order valence-corrected chi connectivity index (χ0v) is 19.8. The Morgan fingerprint density at radius 2 is 2.13 bits per heavy atom. The number of fused-ring (bicyclic) bond motifs is 1. The lowest BCUT2D eigenvalue weighted by Crippen LogP contribution is -2.18. The number of hydrogen-bond acceptors (Lipinski definition) is 6. The van der Waals surface area contributed by atoms with Crippen LogP contribution in [0.4, 0.5) is 5.13 Å². The van der Waals surface area contributed by atoms with Gasteiger partial charge in [0, 0.05) is 33.9 Å². The molecule has 0 atom stereocenters. The molecule has 31 heavy (non-hydrogen) atoms.